The zero-order valence-corrected chi connectivity index (χ0v) is 17.1. The van der Waals surface area contributed by atoms with Crippen LogP contribution in [0.15, 0.2) is 11.2 Å². The van der Waals surface area contributed by atoms with Crippen LogP contribution >= 0.6 is 0 Å². The molecule has 0 saturated carbocycles. The summed E-state index contributed by atoms with van der Waals surface area (Å²) in [7, 11) is 3.45. The van der Waals surface area contributed by atoms with Gasteiger partial charge in [0, 0.05) is 34.9 Å². The Morgan fingerprint density at radius 3 is 2.68 bits per heavy atom. The number of hydroxylamine groups is 1. The molecule has 0 saturated heterocycles. The van der Waals surface area contributed by atoms with Gasteiger partial charge in [0.15, 0.2) is 0 Å². The summed E-state index contributed by atoms with van der Waals surface area (Å²) in [6.07, 6.45) is 3.15. The van der Waals surface area contributed by atoms with Crippen molar-refractivity contribution in [1.29, 1.82) is 0 Å². The van der Waals surface area contributed by atoms with Crippen LogP contribution in [0.5, 0.6) is 0 Å². The first kappa shape index (κ1) is 23.1. The summed E-state index contributed by atoms with van der Waals surface area (Å²) >= 11 is 0. The second-order valence-corrected chi connectivity index (χ2v) is 6.26. The van der Waals surface area contributed by atoms with Gasteiger partial charge in [-0.1, -0.05) is 6.92 Å². The summed E-state index contributed by atoms with van der Waals surface area (Å²) in [5, 5.41) is 4.22. The van der Waals surface area contributed by atoms with E-state index in [2.05, 4.69) is 32.1 Å². The number of hydrogen-bond acceptors (Lipinski definition) is 7. The number of fused-ring (bicyclic) bond motifs is 1. The normalized spacial score (nSPS) is 15.3. The van der Waals surface area contributed by atoms with Gasteiger partial charge < -0.3 is 14.5 Å². The SMILES string of the molecule is CC(=O)N1Cc2c(cnn2C)[C@@H](C)C1.CCOC(=O)CCC(=O)ONC=NC.[HH]. The van der Waals surface area contributed by atoms with E-state index in [-0.39, 0.29) is 20.2 Å². The number of amides is 1. The smallest absolute Gasteiger partial charge is 0.332 e. The second-order valence-electron chi connectivity index (χ2n) is 6.26. The molecule has 0 fully saturated rings. The Morgan fingerprint density at radius 1 is 1.39 bits per heavy atom. The van der Waals surface area contributed by atoms with Crippen LogP contribution < -0.4 is 5.48 Å². The third-order valence-corrected chi connectivity index (χ3v) is 4.10. The van der Waals surface area contributed by atoms with Crippen LogP contribution in [0.25, 0.3) is 0 Å². The number of ether oxygens (including phenoxy) is 1. The van der Waals surface area contributed by atoms with Crippen molar-refractivity contribution in [3.8, 4) is 0 Å². The molecule has 2 rings (SSSR count). The van der Waals surface area contributed by atoms with Gasteiger partial charge in [-0.3, -0.25) is 19.3 Å². The third-order valence-electron chi connectivity index (χ3n) is 4.10. The zero-order valence-electron chi connectivity index (χ0n) is 17.1. The number of esters is 1. The molecule has 1 atom stereocenters. The molecule has 1 amide bonds. The van der Waals surface area contributed by atoms with Crippen molar-refractivity contribution >= 4 is 24.2 Å². The molecule has 1 aliphatic heterocycles. The fraction of sp³-hybridized carbons (Fsp3) is 0.611. The maximum atomic E-state index is 11.3. The van der Waals surface area contributed by atoms with Gasteiger partial charge in [-0.05, 0) is 12.5 Å². The minimum absolute atomic E-state index is 0. The monoisotopic (exact) mass is 397 g/mol. The summed E-state index contributed by atoms with van der Waals surface area (Å²) < 4.78 is 6.49. The van der Waals surface area contributed by atoms with E-state index in [0.29, 0.717) is 19.1 Å². The second kappa shape index (κ2) is 11.7. The van der Waals surface area contributed by atoms with Gasteiger partial charge in [-0.15, -0.1) is 0 Å². The summed E-state index contributed by atoms with van der Waals surface area (Å²) in [4.78, 5) is 42.8. The molecule has 0 unspecified atom stereocenters. The van der Waals surface area contributed by atoms with Gasteiger partial charge in [0.2, 0.25) is 5.91 Å². The van der Waals surface area contributed by atoms with Crippen molar-refractivity contribution in [2.24, 2.45) is 12.0 Å². The molecule has 0 spiro atoms. The van der Waals surface area contributed by atoms with Crippen LogP contribution in [0, 0.1) is 0 Å². The number of carbonyl (C=O) groups excluding carboxylic acids is 3. The van der Waals surface area contributed by atoms with Gasteiger partial charge in [-0.2, -0.15) is 5.10 Å². The Hall–Kier alpha value is -2.91. The Bertz CT molecular complexity index is 707. The molecule has 28 heavy (non-hydrogen) atoms. The standard InChI is InChI=1S/C10H15N3O.C8H14N2O4.H2/c1-7-5-13(8(2)14)6-10-9(7)4-11-12(10)3;1-3-13-7(11)4-5-8(12)14-10-6-9-2;/h4,7H,5-6H2,1-3H3;6H,3-5H2,1-2H3,(H,9,10);1H/t7-;;/m0../s1. The average Bonchev–Trinajstić information content (AvgIpc) is 3.03. The molecular formula is C18H31N5O5. The highest BCUT2D eigenvalue weighted by molar-refractivity contribution is 5.78. The Labute approximate surface area is 166 Å². The quantitative estimate of drug-likeness (QED) is 0.331. The van der Waals surface area contributed by atoms with Crippen molar-refractivity contribution in [3.63, 3.8) is 0 Å². The highest BCUT2D eigenvalue weighted by atomic mass is 16.7. The molecule has 2 heterocycles. The lowest BCUT2D eigenvalue weighted by atomic mass is 9.97. The lowest BCUT2D eigenvalue weighted by molar-refractivity contribution is -0.152. The molecule has 158 valence electrons. The molecule has 1 N–H and O–H groups in total. The molecule has 1 aromatic heterocycles. The third kappa shape index (κ3) is 7.37. The molecule has 1 aliphatic rings. The van der Waals surface area contributed by atoms with E-state index in [1.165, 1.54) is 24.6 Å². The number of carbonyl (C=O) groups is 3. The maximum absolute atomic E-state index is 11.3. The Kier molecular flexibility index (Phi) is 9.69. The highest BCUT2D eigenvalue weighted by Gasteiger charge is 2.26. The van der Waals surface area contributed by atoms with Crippen LogP contribution in [0.4, 0.5) is 0 Å². The predicted octanol–water partition coefficient (Wildman–Crippen LogP) is 1.17. The topological polar surface area (TPSA) is 115 Å². The average molecular weight is 397 g/mol. The van der Waals surface area contributed by atoms with Crippen molar-refractivity contribution in [2.75, 3.05) is 20.2 Å². The number of aromatic nitrogens is 2. The number of aliphatic imine (C=N–C) groups is 1. The number of hydrogen-bond donors (Lipinski definition) is 1. The van der Waals surface area contributed by atoms with Crippen LogP contribution in [-0.4, -0.2) is 59.1 Å². The van der Waals surface area contributed by atoms with Gasteiger partial charge in [0.1, 0.15) is 6.34 Å². The Morgan fingerprint density at radius 2 is 2.07 bits per heavy atom. The predicted molar refractivity (Wildman–Crippen MR) is 104 cm³/mol. The van der Waals surface area contributed by atoms with E-state index < -0.39 is 11.9 Å². The van der Waals surface area contributed by atoms with E-state index in [1.54, 1.807) is 13.8 Å². The molecule has 0 bridgehead atoms. The number of nitrogens with one attached hydrogen (secondary N) is 1. The van der Waals surface area contributed by atoms with Crippen molar-refractivity contribution < 1.29 is 25.4 Å². The van der Waals surface area contributed by atoms with Crippen LogP contribution in [0.3, 0.4) is 0 Å². The van der Waals surface area contributed by atoms with Crippen LogP contribution in [-0.2, 0) is 37.6 Å². The largest absolute Gasteiger partial charge is 0.466 e. The summed E-state index contributed by atoms with van der Waals surface area (Å²) in [6, 6.07) is 0. The van der Waals surface area contributed by atoms with Crippen molar-refractivity contribution in [1.82, 2.24) is 20.2 Å². The number of aryl methyl sites for hydroxylation is 1. The first-order chi connectivity index (χ1) is 13.3. The molecule has 0 aliphatic carbocycles. The van der Waals surface area contributed by atoms with Gasteiger partial charge >= 0.3 is 11.9 Å². The maximum Gasteiger partial charge on any atom is 0.332 e. The van der Waals surface area contributed by atoms with E-state index in [9.17, 15) is 14.4 Å². The summed E-state index contributed by atoms with van der Waals surface area (Å²) in [5.74, 6) is -0.397. The Balaban J connectivity index is 0.000000523. The molecular weight excluding hydrogens is 366 g/mol. The van der Waals surface area contributed by atoms with E-state index in [4.69, 9.17) is 0 Å². The summed E-state index contributed by atoms with van der Waals surface area (Å²) in [5.41, 5.74) is 4.65. The zero-order chi connectivity index (χ0) is 21.1. The number of rotatable bonds is 6. The molecule has 0 radical (unpaired) electrons. The van der Waals surface area contributed by atoms with Crippen LogP contribution in [0.1, 0.15) is 52.2 Å². The van der Waals surface area contributed by atoms with Crippen molar-refractivity contribution in [3.05, 3.63) is 17.5 Å². The lowest BCUT2D eigenvalue weighted by Crippen LogP contribution is -2.36. The minimum atomic E-state index is -0.530. The molecule has 10 nitrogen and oxygen atoms in total. The first-order valence-electron chi connectivity index (χ1n) is 9.07. The fourth-order valence-corrected chi connectivity index (χ4v) is 2.63. The highest BCUT2D eigenvalue weighted by Crippen LogP contribution is 2.27. The van der Waals surface area contributed by atoms with Crippen LogP contribution in [0.2, 0.25) is 0 Å². The lowest BCUT2D eigenvalue weighted by Gasteiger charge is -2.30. The fourth-order valence-electron chi connectivity index (χ4n) is 2.63. The number of nitrogens with zero attached hydrogens (tertiary/aromatic N) is 4. The minimum Gasteiger partial charge on any atom is -0.466 e. The van der Waals surface area contributed by atoms with E-state index in [0.717, 1.165) is 6.54 Å². The first-order valence-corrected chi connectivity index (χ1v) is 9.07. The van der Waals surface area contributed by atoms with Gasteiger partial charge in [0.25, 0.3) is 0 Å². The summed E-state index contributed by atoms with van der Waals surface area (Å²) in [6.45, 7) is 7.29. The van der Waals surface area contributed by atoms with E-state index in [1.807, 2.05) is 22.8 Å². The van der Waals surface area contributed by atoms with Gasteiger partial charge in [-0.25, -0.2) is 10.3 Å². The van der Waals surface area contributed by atoms with Gasteiger partial charge in [0.05, 0.1) is 37.9 Å². The molecule has 1 aromatic rings. The molecule has 0 aromatic carbocycles. The van der Waals surface area contributed by atoms with E-state index >= 15 is 0 Å². The van der Waals surface area contributed by atoms with Crippen molar-refractivity contribution in [2.45, 2.75) is 46.1 Å². The molecule has 10 heteroatoms.